The third-order valence-corrected chi connectivity index (χ3v) is 4.44. The first-order chi connectivity index (χ1) is 13.5. The number of anilines is 2. The van der Waals surface area contributed by atoms with Crippen LogP contribution in [0.15, 0.2) is 42.5 Å². The van der Waals surface area contributed by atoms with Crippen LogP contribution in [0.1, 0.15) is 18.9 Å². The number of benzene rings is 2. The average Bonchev–Trinajstić information content (AvgIpc) is 2.67. The van der Waals surface area contributed by atoms with E-state index in [0.29, 0.717) is 36.6 Å². The van der Waals surface area contributed by atoms with Gasteiger partial charge in [-0.05, 0) is 55.3 Å². The molecule has 1 heterocycles. The number of nitrogens with one attached hydrogen (secondary N) is 2. The molecule has 4 amide bonds. The largest absolute Gasteiger partial charge is 0.338 e. The van der Waals surface area contributed by atoms with Crippen LogP contribution in [0.2, 0.25) is 0 Å². The number of nitrogens with zero attached hydrogens (tertiary/aromatic N) is 2. The van der Waals surface area contributed by atoms with Gasteiger partial charge in [-0.1, -0.05) is 6.07 Å². The Morgan fingerprint density at radius 2 is 1.82 bits per heavy atom. The van der Waals surface area contributed by atoms with Crippen molar-refractivity contribution in [3.63, 3.8) is 0 Å². The van der Waals surface area contributed by atoms with E-state index < -0.39 is 11.6 Å². The first-order valence-corrected chi connectivity index (χ1v) is 9.13. The Hall–Kier alpha value is -3.16. The molecule has 1 aliphatic heterocycles. The molecule has 148 valence electrons. The maximum absolute atomic E-state index is 13.4. The summed E-state index contributed by atoms with van der Waals surface area (Å²) in [6, 6.07) is 10.2. The minimum absolute atomic E-state index is 0.194. The first kappa shape index (κ1) is 19.6. The summed E-state index contributed by atoms with van der Waals surface area (Å²) >= 11 is 0. The summed E-state index contributed by atoms with van der Waals surface area (Å²) in [5.74, 6) is -1.83. The van der Waals surface area contributed by atoms with Crippen LogP contribution in [0.3, 0.4) is 0 Å². The summed E-state index contributed by atoms with van der Waals surface area (Å²) in [6.45, 7) is 3.68. The van der Waals surface area contributed by atoms with Crippen molar-refractivity contribution in [3.8, 4) is 0 Å². The molecule has 3 rings (SSSR count). The Morgan fingerprint density at radius 1 is 1.07 bits per heavy atom. The minimum atomic E-state index is -0.922. The number of hydrogen-bond donors (Lipinski definition) is 2. The van der Waals surface area contributed by atoms with Gasteiger partial charge in [-0.15, -0.1) is 0 Å². The molecular weight excluding hydrogens is 366 g/mol. The van der Waals surface area contributed by atoms with Crippen LogP contribution in [0.4, 0.5) is 29.7 Å². The number of halogens is 2. The smallest absolute Gasteiger partial charge is 0.324 e. The second kappa shape index (κ2) is 8.69. The summed E-state index contributed by atoms with van der Waals surface area (Å²) in [5.41, 5.74) is 1.87. The fourth-order valence-electron chi connectivity index (χ4n) is 3.09. The van der Waals surface area contributed by atoms with Gasteiger partial charge in [0, 0.05) is 37.6 Å². The fraction of sp³-hybridized carbons (Fsp3) is 0.300. The van der Waals surface area contributed by atoms with Crippen molar-refractivity contribution in [3.05, 3.63) is 59.7 Å². The number of amides is 4. The van der Waals surface area contributed by atoms with E-state index in [1.807, 2.05) is 6.92 Å². The van der Waals surface area contributed by atoms with Crippen LogP contribution in [0, 0.1) is 11.6 Å². The molecular formula is C20H22F2N4O2. The Labute approximate surface area is 162 Å². The highest BCUT2D eigenvalue weighted by Crippen LogP contribution is 2.23. The van der Waals surface area contributed by atoms with E-state index >= 15 is 0 Å². The van der Waals surface area contributed by atoms with Crippen LogP contribution in [-0.4, -0.2) is 36.6 Å². The highest BCUT2D eigenvalue weighted by atomic mass is 19.2. The predicted octanol–water partition coefficient (Wildman–Crippen LogP) is 3.94. The summed E-state index contributed by atoms with van der Waals surface area (Å²) in [7, 11) is 0. The summed E-state index contributed by atoms with van der Waals surface area (Å²) in [6.07, 6.45) is 0.758. The Bertz CT molecular complexity index is 858. The molecule has 8 heteroatoms. The Morgan fingerprint density at radius 3 is 2.50 bits per heavy atom. The lowest BCUT2D eigenvalue weighted by Gasteiger charge is -2.35. The van der Waals surface area contributed by atoms with Gasteiger partial charge in [0.05, 0.1) is 0 Å². The molecule has 2 aromatic carbocycles. The zero-order valence-electron chi connectivity index (χ0n) is 15.5. The van der Waals surface area contributed by atoms with Gasteiger partial charge in [0.25, 0.3) is 0 Å². The molecule has 1 aliphatic rings. The van der Waals surface area contributed by atoms with Crippen molar-refractivity contribution in [1.82, 2.24) is 10.2 Å². The second-order valence-electron chi connectivity index (χ2n) is 6.49. The molecule has 0 atom stereocenters. The summed E-state index contributed by atoms with van der Waals surface area (Å²) < 4.78 is 26.5. The van der Waals surface area contributed by atoms with E-state index in [1.165, 1.54) is 6.07 Å². The SMILES string of the molecule is CCNC(=O)Nc1ccc(N2CCCN(Cc3ccc(F)c(F)c3)C2=O)cc1. The van der Waals surface area contributed by atoms with Gasteiger partial charge < -0.3 is 15.5 Å². The highest BCUT2D eigenvalue weighted by Gasteiger charge is 2.27. The molecule has 6 nitrogen and oxygen atoms in total. The van der Waals surface area contributed by atoms with Crippen LogP contribution < -0.4 is 15.5 Å². The van der Waals surface area contributed by atoms with E-state index in [1.54, 1.807) is 34.1 Å². The fourth-order valence-corrected chi connectivity index (χ4v) is 3.09. The van der Waals surface area contributed by atoms with Crippen molar-refractivity contribution in [1.29, 1.82) is 0 Å². The van der Waals surface area contributed by atoms with Crippen molar-refractivity contribution >= 4 is 23.4 Å². The first-order valence-electron chi connectivity index (χ1n) is 9.13. The van der Waals surface area contributed by atoms with Crippen molar-refractivity contribution in [2.75, 3.05) is 29.9 Å². The number of hydrogen-bond acceptors (Lipinski definition) is 2. The molecule has 0 saturated carbocycles. The molecule has 1 fully saturated rings. The quantitative estimate of drug-likeness (QED) is 0.815. The van der Waals surface area contributed by atoms with Crippen LogP contribution >= 0.6 is 0 Å². The molecule has 28 heavy (non-hydrogen) atoms. The predicted molar refractivity (Wildman–Crippen MR) is 103 cm³/mol. The topological polar surface area (TPSA) is 64.7 Å². The molecule has 0 bridgehead atoms. The molecule has 2 aromatic rings. The standard InChI is InChI=1S/C20H22F2N4O2/c1-2-23-19(27)24-15-5-7-16(8-6-15)26-11-3-10-25(20(26)28)13-14-4-9-17(21)18(22)12-14/h4-9,12H,2-3,10-11,13H2,1H3,(H2,23,24,27). The van der Waals surface area contributed by atoms with E-state index in [9.17, 15) is 18.4 Å². The molecule has 0 spiro atoms. The highest BCUT2D eigenvalue weighted by molar-refractivity contribution is 5.93. The molecule has 0 unspecified atom stereocenters. The Balaban J connectivity index is 1.68. The summed E-state index contributed by atoms with van der Waals surface area (Å²) in [4.78, 5) is 27.6. The molecule has 1 saturated heterocycles. The average molecular weight is 388 g/mol. The van der Waals surface area contributed by atoms with Gasteiger partial charge in [-0.25, -0.2) is 18.4 Å². The molecule has 0 radical (unpaired) electrons. The number of urea groups is 2. The van der Waals surface area contributed by atoms with E-state index in [2.05, 4.69) is 10.6 Å². The van der Waals surface area contributed by atoms with Gasteiger partial charge in [-0.2, -0.15) is 0 Å². The lowest BCUT2D eigenvalue weighted by molar-refractivity contribution is 0.192. The zero-order valence-corrected chi connectivity index (χ0v) is 15.5. The zero-order chi connectivity index (χ0) is 20.1. The third kappa shape index (κ3) is 4.57. The monoisotopic (exact) mass is 388 g/mol. The maximum atomic E-state index is 13.4. The van der Waals surface area contributed by atoms with E-state index in [0.717, 1.165) is 18.6 Å². The van der Waals surface area contributed by atoms with E-state index in [4.69, 9.17) is 0 Å². The molecule has 0 aliphatic carbocycles. The van der Waals surface area contributed by atoms with Gasteiger partial charge in [0.2, 0.25) is 0 Å². The van der Waals surface area contributed by atoms with Crippen LogP contribution in [0.25, 0.3) is 0 Å². The second-order valence-corrected chi connectivity index (χ2v) is 6.49. The van der Waals surface area contributed by atoms with Crippen LogP contribution in [0.5, 0.6) is 0 Å². The van der Waals surface area contributed by atoms with E-state index in [-0.39, 0.29) is 18.6 Å². The minimum Gasteiger partial charge on any atom is -0.338 e. The van der Waals surface area contributed by atoms with Crippen molar-refractivity contribution in [2.45, 2.75) is 19.9 Å². The summed E-state index contributed by atoms with van der Waals surface area (Å²) in [5, 5.41) is 5.35. The third-order valence-electron chi connectivity index (χ3n) is 4.44. The van der Waals surface area contributed by atoms with Crippen molar-refractivity contribution in [2.24, 2.45) is 0 Å². The van der Waals surface area contributed by atoms with Crippen LogP contribution in [-0.2, 0) is 6.54 Å². The number of rotatable bonds is 5. The maximum Gasteiger partial charge on any atom is 0.324 e. The van der Waals surface area contributed by atoms with Gasteiger partial charge in [0.1, 0.15) is 0 Å². The van der Waals surface area contributed by atoms with Gasteiger partial charge in [0.15, 0.2) is 11.6 Å². The van der Waals surface area contributed by atoms with Crippen molar-refractivity contribution < 1.29 is 18.4 Å². The molecule has 2 N–H and O–H groups in total. The number of carbonyl (C=O) groups is 2. The molecule has 0 aromatic heterocycles. The van der Waals surface area contributed by atoms with Gasteiger partial charge in [-0.3, -0.25) is 4.90 Å². The Kier molecular flexibility index (Phi) is 6.08. The lowest BCUT2D eigenvalue weighted by atomic mass is 10.1. The van der Waals surface area contributed by atoms with Gasteiger partial charge >= 0.3 is 12.1 Å². The lowest BCUT2D eigenvalue weighted by Crippen LogP contribution is -2.49. The normalized spacial score (nSPS) is 14.2. The number of carbonyl (C=O) groups excluding carboxylic acids is 2.